The van der Waals surface area contributed by atoms with Gasteiger partial charge in [-0.05, 0) is 72.4 Å². The lowest BCUT2D eigenvalue weighted by Crippen LogP contribution is -2.47. The Bertz CT molecular complexity index is 5170. The number of ether oxygens (including phenoxy) is 4. The number of nitrogen functional groups attached to an aromatic ring is 1. The molecule has 1 amide bonds. The van der Waals surface area contributed by atoms with Crippen molar-refractivity contribution in [2.75, 3.05) is 56.5 Å². The average molecular weight is 1500 g/mol. The molecule has 6 heterocycles. The first-order valence-corrected chi connectivity index (χ1v) is 38.0. The maximum Gasteiger partial charge on any atom is 0.490 e. The van der Waals surface area contributed by atoms with Crippen LogP contribution in [0.15, 0.2) is 79.3 Å². The van der Waals surface area contributed by atoms with Crippen LogP contribution in [0.25, 0.3) is 27.8 Å². The molecule has 10 rings (SSSR count). The van der Waals surface area contributed by atoms with E-state index in [4.69, 9.17) is 39.0 Å². The van der Waals surface area contributed by atoms with E-state index in [0.29, 0.717) is 27.7 Å². The maximum atomic E-state index is 14.1. The number of aliphatic hydroxyl groups is 1. The second kappa shape index (κ2) is 27.2. The minimum absolute atomic E-state index is 0.0120. The SMILES string of the molecule is COc1cc([C@@H](OCc2cn([C@H]3C[C@H](O)[C@@H](COP(=O)(O)OP(=O)(O)OP(=O)(O)O)O3)c3ncnc(N)c23)C(C)(C)C)c([N+](=O)[O-])cc1C#CCNC(=O)c1ccc(C2=c3cc4c(cc3Oc3cc5c(cc32)C(CS(=O)(=O)O)=CC(C)(C)N5C)=[N+](C)C(C)(C)C=C4CS(=O)(=O)O)c(C(=O)O)c1. The van der Waals surface area contributed by atoms with Crippen molar-refractivity contribution >= 4 is 101 Å². The Balaban J connectivity index is 0.934. The van der Waals surface area contributed by atoms with Crippen molar-refractivity contribution in [3.63, 3.8) is 0 Å². The van der Waals surface area contributed by atoms with E-state index in [2.05, 4.69) is 35.7 Å². The first kappa shape index (κ1) is 75.5. The molecule has 101 heavy (non-hydrogen) atoms. The van der Waals surface area contributed by atoms with Gasteiger partial charge in [-0.2, -0.15) is 25.5 Å². The summed E-state index contributed by atoms with van der Waals surface area (Å²) in [6.07, 6.45) is 0.701. The topological polar surface area (TPSA) is 498 Å². The molecule has 2 unspecified atom stereocenters. The number of nitrogens with one attached hydrogen (secondary N) is 1. The molecule has 540 valence electrons. The zero-order chi connectivity index (χ0) is 74.4. The minimum Gasteiger partial charge on any atom is -0.495 e. The van der Waals surface area contributed by atoms with Crippen molar-refractivity contribution in [1.82, 2.24) is 24.4 Å². The zero-order valence-corrected chi connectivity index (χ0v) is 59.7. The number of carboxylic acids is 1. The predicted octanol–water partition coefficient (Wildman–Crippen LogP) is 5.74. The van der Waals surface area contributed by atoms with Crippen LogP contribution in [0.5, 0.6) is 17.2 Å². The molecule has 0 aliphatic carbocycles. The number of nitro benzene ring substituents is 1. The Morgan fingerprint density at radius 2 is 1.58 bits per heavy atom. The number of anilines is 2. The van der Waals surface area contributed by atoms with Crippen molar-refractivity contribution in [2.45, 2.75) is 97.1 Å². The summed E-state index contributed by atoms with van der Waals surface area (Å²) in [6, 6.07) is 13.0. The number of aromatic nitrogens is 3. The number of amides is 1. The third-order valence-electron chi connectivity index (χ3n) is 17.2. The number of phosphoric ester groups is 1. The molecule has 11 N–H and O–H groups in total. The fourth-order valence-corrected chi connectivity index (χ4v) is 16.7. The highest BCUT2D eigenvalue weighted by Crippen LogP contribution is 2.66. The van der Waals surface area contributed by atoms with Crippen LogP contribution < -0.4 is 40.6 Å². The number of methoxy groups -OCH3 is 1. The van der Waals surface area contributed by atoms with Gasteiger partial charge >= 0.3 is 29.4 Å². The van der Waals surface area contributed by atoms with E-state index in [1.165, 1.54) is 36.1 Å². The summed E-state index contributed by atoms with van der Waals surface area (Å²) in [5.74, 6) is 2.13. The third-order valence-corrected chi connectivity index (χ3v) is 22.4. The van der Waals surface area contributed by atoms with Crippen molar-refractivity contribution < 1.29 is 116 Å². The highest BCUT2D eigenvalue weighted by Gasteiger charge is 2.45. The standard InChI is InChI=1S/C62H69N8O26P3S2/c1-60(2,3)55(91-27-36-26-69(57-53(36)56(63)65-31-66-57)52-23-47(71)51(94-52)28-92-98(80,81)96-99(82,83)95-97(77,78)79)41-20-48(90-10)32(17-46(41)70(75)76)12-11-15-64-58(72)33-13-14-37(40(16-33)59(73)74)54-42-18-38-34(29-100(84,85)86)24-61(4,5)67(8)44(38)21-49(42)93-50-22-45-39(19-43(50)54)35(30-101(87,88)89)25-62(6,7)68(45)9/h13-14,16-22,24-26,31,47,51-52,55,71H,15,23,27-30H2,1-10H3,(H9-,63,64,65,66,72,73,74,77,78,79,80,81,82,83,84,85,86,87,88,89)/p+1/t47-,51+,52+,55+/m0/s1. The molecule has 4 aliphatic heterocycles. The van der Waals surface area contributed by atoms with E-state index in [1.807, 2.05) is 37.2 Å². The number of benzene rings is 4. The van der Waals surface area contributed by atoms with Crippen molar-refractivity contribution in [1.29, 1.82) is 0 Å². The number of carbonyl (C=O) groups is 2. The number of nitrogens with two attached hydrogens (primary N) is 1. The molecule has 4 aliphatic rings. The van der Waals surface area contributed by atoms with Gasteiger partial charge in [-0.25, -0.2) is 33.0 Å². The van der Waals surface area contributed by atoms with E-state index < -0.39 is 137 Å². The smallest absolute Gasteiger partial charge is 0.490 e. The molecule has 2 aromatic heterocycles. The van der Waals surface area contributed by atoms with Crippen LogP contribution in [-0.2, 0) is 63.2 Å². The van der Waals surface area contributed by atoms with E-state index in [0.717, 1.165) is 18.5 Å². The molecule has 39 heteroatoms. The fraction of sp³-hybridized carbons (Fsp3) is 0.371. The molecular formula is C62H70N8O26P3S2+. The lowest BCUT2D eigenvalue weighted by Gasteiger charge is -2.41. The van der Waals surface area contributed by atoms with Crippen LogP contribution in [0.3, 0.4) is 0 Å². The fourth-order valence-electron chi connectivity index (χ4n) is 12.4. The van der Waals surface area contributed by atoms with Gasteiger partial charge in [0.1, 0.15) is 65.9 Å². The summed E-state index contributed by atoms with van der Waals surface area (Å²) in [5.41, 5.74) is 5.53. The first-order valence-electron chi connectivity index (χ1n) is 30.2. The quantitative estimate of drug-likeness (QED) is 0.00965. The monoisotopic (exact) mass is 1500 g/mol. The Morgan fingerprint density at radius 3 is 2.21 bits per heavy atom. The highest BCUT2D eigenvalue weighted by molar-refractivity contribution is 7.86. The second-order valence-electron chi connectivity index (χ2n) is 26.2. The number of rotatable bonds is 22. The molecule has 34 nitrogen and oxygen atoms in total. The molecule has 0 saturated carbocycles. The minimum atomic E-state index is -5.85. The van der Waals surface area contributed by atoms with Gasteiger partial charge in [0.2, 0.25) is 5.36 Å². The molecule has 1 saturated heterocycles. The van der Waals surface area contributed by atoms with Gasteiger partial charge in [0.25, 0.3) is 31.8 Å². The van der Waals surface area contributed by atoms with Gasteiger partial charge in [-0.3, -0.25) is 28.5 Å². The van der Waals surface area contributed by atoms with E-state index >= 15 is 0 Å². The summed E-state index contributed by atoms with van der Waals surface area (Å²) in [4.78, 5) is 87.6. The number of hydrogen-bond donors (Lipinski definition) is 10. The van der Waals surface area contributed by atoms with Gasteiger partial charge in [0, 0.05) is 84.4 Å². The Kier molecular flexibility index (Phi) is 20.4. The molecule has 4 aromatic carbocycles. The largest absolute Gasteiger partial charge is 0.495 e. The van der Waals surface area contributed by atoms with Gasteiger partial charge < -0.3 is 69.3 Å². The number of phosphoric acid groups is 3. The van der Waals surface area contributed by atoms with Gasteiger partial charge in [-0.1, -0.05) is 44.8 Å². The summed E-state index contributed by atoms with van der Waals surface area (Å²) >= 11 is 0. The predicted molar refractivity (Wildman–Crippen MR) is 362 cm³/mol. The molecular weight excluding hydrogens is 1430 g/mol. The Morgan fingerprint density at radius 1 is 0.911 bits per heavy atom. The number of likely N-dealkylation sites (N-methyl/N-ethyl adjacent to an activating group) is 2. The van der Waals surface area contributed by atoms with Gasteiger partial charge in [-0.15, -0.1) is 0 Å². The second-order valence-corrected chi connectivity index (χ2v) is 33.6. The van der Waals surface area contributed by atoms with Crippen LogP contribution in [-0.4, -0.2) is 156 Å². The zero-order valence-electron chi connectivity index (χ0n) is 55.4. The molecule has 0 bridgehead atoms. The van der Waals surface area contributed by atoms with E-state index in [1.54, 1.807) is 71.3 Å². The molecule has 6 atom stereocenters. The average Bonchev–Trinajstić information content (AvgIpc) is 1.39. The number of hydrogen-bond acceptors (Lipinski definition) is 23. The third kappa shape index (κ3) is 16.4. The Hall–Kier alpha value is -8.14. The normalized spacial score (nSPS) is 19.4. The molecule has 6 aromatic rings. The number of nitrogens with zero attached hydrogens (tertiary/aromatic N) is 6. The van der Waals surface area contributed by atoms with Crippen LogP contribution in [0.1, 0.15) is 127 Å². The number of carbonyl (C=O) groups excluding carboxylic acids is 1. The molecule has 0 radical (unpaired) electrons. The summed E-state index contributed by atoms with van der Waals surface area (Å²) in [7, 11) is -21.5. The Labute approximate surface area is 576 Å². The van der Waals surface area contributed by atoms with Crippen molar-refractivity contribution in [2.24, 2.45) is 5.41 Å². The number of nitro groups is 1. The van der Waals surface area contributed by atoms with Crippen LogP contribution in [0.4, 0.5) is 17.2 Å². The van der Waals surface area contributed by atoms with Crippen LogP contribution >= 0.6 is 23.5 Å². The van der Waals surface area contributed by atoms with Crippen LogP contribution in [0.2, 0.25) is 0 Å². The lowest BCUT2D eigenvalue weighted by atomic mass is 9.83. The summed E-state index contributed by atoms with van der Waals surface area (Å²) < 4.78 is 146. The van der Waals surface area contributed by atoms with E-state index in [-0.39, 0.29) is 96.9 Å². The van der Waals surface area contributed by atoms with Crippen LogP contribution in [0, 0.1) is 27.4 Å². The number of carboxylic acid groups (broad SMARTS) is 1. The van der Waals surface area contributed by atoms with Gasteiger partial charge in [0.05, 0.1) is 83.2 Å². The van der Waals surface area contributed by atoms with Crippen molar-refractivity contribution in [3.05, 3.63) is 150 Å². The summed E-state index contributed by atoms with van der Waals surface area (Å²) in [6.45, 7) is 10.9. The number of aliphatic hydroxyl groups excluding tert-OH is 1. The van der Waals surface area contributed by atoms with E-state index in [9.17, 15) is 79.3 Å². The number of aromatic carboxylic acids is 1. The summed E-state index contributed by atoms with van der Waals surface area (Å²) in [5, 5.41) is 38.6. The van der Waals surface area contributed by atoms with Gasteiger partial charge in [0.15, 0.2) is 5.54 Å². The lowest BCUT2D eigenvalue weighted by molar-refractivity contribution is -0.386. The highest BCUT2D eigenvalue weighted by atomic mass is 32.2. The van der Waals surface area contributed by atoms with Crippen molar-refractivity contribution in [3.8, 4) is 29.1 Å². The maximum absolute atomic E-state index is 14.1. The molecule has 1 fully saturated rings. The molecule has 0 spiro atoms. The number of fused-ring (bicyclic) bond motifs is 5. The first-order chi connectivity index (χ1) is 46.6.